The van der Waals surface area contributed by atoms with E-state index in [2.05, 4.69) is 5.32 Å². The van der Waals surface area contributed by atoms with E-state index in [0.717, 1.165) is 17.7 Å². The van der Waals surface area contributed by atoms with Crippen molar-refractivity contribution in [2.75, 3.05) is 6.61 Å². The molecule has 0 aliphatic carbocycles. The van der Waals surface area contributed by atoms with Crippen molar-refractivity contribution in [3.8, 4) is 5.75 Å². The van der Waals surface area contributed by atoms with Gasteiger partial charge in [0.05, 0.1) is 13.0 Å². The van der Waals surface area contributed by atoms with Crippen LogP contribution in [0.25, 0.3) is 0 Å². The molecule has 1 N–H and O–H groups in total. The van der Waals surface area contributed by atoms with Crippen LogP contribution in [0, 0.1) is 6.92 Å². The van der Waals surface area contributed by atoms with Gasteiger partial charge in [0.1, 0.15) is 5.75 Å². The van der Waals surface area contributed by atoms with E-state index >= 15 is 0 Å². The van der Waals surface area contributed by atoms with Gasteiger partial charge in [-0.2, -0.15) is 0 Å². The highest BCUT2D eigenvalue weighted by Crippen LogP contribution is 2.12. The number of carbonyl (C=O) groups is 1. The van der Waals surface area contributed by atoms with E-state index in [1.807, 2.05) is 45.0 Å². The van der Waals surface area contributed by atoms with Crippen LogP contribution in [0.5, 0.6) is 5.75 Å². The number of hydrogen-bond acceptors (Lipinski definition) is 2. The second-order valence-corrected chi connectivity index (χ2v) is 5.65. The Kier molecular flexibility index (Phi) is 6.71. The van der Waals surface area contributed by atoms with Gasteiger partial charge in [0.15, 0.2) is 0 Å². The van der Waals surface area contributed by atoms with Crippen LogP contribution < -0.4 is 10.1 Å². The first kappa shape index (κ1) is 15.8. The van der Waals surface area contributed by atoms with Gasteiger partial charge in [-0.15, -0.1) is 11.6 Å². The van der Waals surface area contributed by atoms with E-state index in [9.17, 15) is 4.79 Å². The molecule has 2 atom stereocenters. The number of aryl methyl sites for hydroxylation is 1. The van der Waals surface area contributed by atoms with E-state index in [1.54, 1.807) is 0 Å². The Bertz CT molecular complexity index is 407. The molecule has 1 rings (SSSR count). The van der Waals surface area contributed by atoms with Crippen molar-refractivity contribution in [1.82, 2.24) is 5.32 Å². The summed E-state index contributed by atoms with van der Waals surface area (Å²) in [6, 6.07) is 7.89. The molecule has 1 amide bonds. The van der Waals surface area contributed by atoms with Gasteiger partial charge in [-0.1, -0.05) is 12.1 Å². The highest BCUT2D eigenvalue weighted by molar-refractivity contribution is 6.20. The van der Waals surface area contributed by atoms with Crippen molar-refractivity contribution in [1.29, 1.82) is 0 Å². The first-order valence-electron chi connectivity index (χ1n) is 6.60. The van der Waals surface area contributed by atoms with Crippen LogP contribution in [0.1, 0.15) is 32.3 Å². The minimum atomic E-state index is -0.00234. The molecule has 0 fully saturated rings. The van der Waals surface area contributed by atoms with Crippen molar-refractivity contribution in [3.05, 3.63) is 29.8 Å². The molecule has 0 aromatic heterocycles. The summed E-state index contributed by atoms with van der Waals surface area (Å²) in [6.07, 6.45) is 1.13. The molecule has 1 aromatic carbocycles. The Morgan fingerprint density at radius 1 is 1.42 bits per heavy atom. The fraction of sp³-hybridized carbons (Fsp3) is 0.533. The summed E-state index contributed by atoms with van der Waals surface area (Å²) in [5.74, 6) is 0.799. The van der Waals surface area contributed by atoms with Crippen molar-refractivity contribution in [2.24, 2.45) is 0 Å². The molecule has 0 aliphatic rings. The molecule has 1 aromatic rings. The summed E-state index contributed by atoms with van der Waals surface area (Å²) in [6.45, 7) is 6.27. The molecule has 106 valence electrons. The van der Waals surface area contributed by atoms with Crippen molar-refractivity contribution >= 4 is 17.5 Å². The zero-order chi connectivity index (χ0) is 14.3. The maximum Gasteiger partial charge on any atom is 0.223 e. The van der Waals surface area contributed by atoms with Crippen LogP contribution >= 0.6 is 11.6 Å². The standard InChI is InChI=1S/C15H22ClNO2/c1-11-5-4-6-14(9-11)19-8-7-15(18)17-13(3)10-12(2)16/h4-6,9,12-13H,7-8,10H2,1-3H3,(H,17,18). The molecular weight excluding hydrogens is 262 g/mol. The van der Waals surface area contributed by atoms with Crippen LogP contribution in [0.15, 0.2) is 24.3 Å². The Balaban J connectivity index is 2.23. The second kappa shape index (κ2) is 8.05. The average molecular weight is 284 g/mol. The summed E-state index contributed by atoms with van der Waals surface area (Å²) in [5, 5.41) is 2.97. The Hall–Kier alpha value is -1.22. The van der Waals surface area contributed by atoms with E-state index in [0.29, 0.717) is 13.0 Å². The highest BCUT2D eigenvalue weighted by Gasteiger charge is 2.09. The Morgan fingerprint density at radius 3 is 2.79 bits per heavy atom. The van der Waals surface area contributed by atoms with Gasteiger partial charge in [-0.05, 0) is 44.9 Å². The zero-order valence-corrected chi connectivity index (χ0v) is 12.5. The summed E-state index contributed by atoms with van der Waals surface area (Å²) in [5.41, 5.74) is 1.15. The fourth-order valence-corrected chi connectivity index (χ4v) is 2.13. The monoisotopic (exact) mass is 283 g/mol. The second-order valence-electron chi connectivity index (χ2n) is 4.90. The normalized spacial score (nSPS) is 13.7. The van der Waals surface area contributed by atoms with Crippen LogP contribution in [0.3, 0.4) is 0 Å². The Morgan fingerprint density at radius 2 is 2.16 bits per heavy atom. The molecular formula is C15H22ClNO2. The average Bonchev–Trinajstić information content (AvgIpc) is 2.27. The maximum atomic E-state index is 11.7. The molecule has 19 heavy (non-hydrogen) atoms. The first-order valence-corrected chi connectivity index (χ1v) is 7.04. The SMILES string of the molecule is Cc1cccc(OCCC(=O)NC(C)CC(C)Cl)c1. The van der Waals surface area contributed by atoms with Gasteiger partial charge in [0.25, 0.3) is 0 Å². The molecule has 4 heteroatoms. The van der Waals surface area contributed by atoms with E-state index < -0.39 is 0 Å². The molecule has 0 saturated heterocycles. The summed E-state index contributed by atoms with van der Waals surface area (Å²) in [4.78, 5) is 11.7. The van der Waals surface area contributed by atoms with Gasteiger partial charge in [0, 0.05) is 11.4 Å². The van der Waals surface area contributed by atoms with Gasteiger partial charge >= 0.3 is 0 Å². The number of benzene rings is 1. The third-order valence-electron chi connectivity index (χ3n) is 2.67. The minimum absolute atomic E-state index is 0.00234. The van der Waals surface area contributed by atoms with Gasteiger partial charge in [-0.3, -0.25) is 4.79 Å². The summed E-state index contributed by atoms with van der Waals surface area (Å²) >= 11 is 5.88. The third kappa shape index (κ3) is 7.06. The van der Waals surface area contributed by atoms with Gasteiger partial charge in [0.2, 0.25) is 5.91 Å². The largest absolute Gasteiger partial charge is 0.493 e. The number of hydrogen-bond donors (Lipinski definition) is 1. The molecule has 0 saturated carbocycles. The number of amides is 1. The van der Waals surface area contributed by atoms with Crippen LogP contribution in [-0.4, -0.2) is 23.9 Å². The Labute approximate surface area is 120 Å². The molecule has 0 bridgehead atoms. The minimum Gasteiger partial charge on any atom is -0.493 e. The molecule has 0 radical (unpaired) electrons. The summed E-state index contributed by atoms with van der Waals surface area (Å²) in [7, 11) is 0. The van der Waals surface area contributed by atoms with Crippen LogP contribution in [-0.2, 0) is 4.79 Å². The lowest BCUT2D eigenvalue weighted by molar-refractivity contribution is -0.122. The zero-order valence-electron chi connectivity index (χ0n) is 11.8. The number of rotatable bonds is 7. The highest BCUT2D eigenvalue weighted by atomic mass is 35.5. The van der Waals surface area contributed by atoms with E-state index in [-0.39, 0.29) is 17.3 Å². The number of halogens is 1. The smallest absolute Gasteiger partial charge is 0.223 e. The van der Waals surface area contributed by atoms with Crippen LogP contribution in [0.2, 0.25) is 0 Å². The summed E-state index contributed by atoms with van der Waals surface area (Å²) < 4.78 is 5.53. The lowest BCUT2D eigenvalue weighted by Gasteiger charge is -2.15. The van der Waals surface area contributed by atoms with E-state index in [1.165, 1.54) is 0 Å². The number of ether oxygens (including phenoxy) is 1. The van der Waals surface area contributed by atoms with Crippen molar-refractivity contribution < 1.29 is 9.53 Å². The van der Waals surface area contributed by atoms with Crippen LogP contribution in [0.4, 0.5) is 0 Å². The molecule has 0 spiro atoms. The van der Waals surface area contributed by atoms with Crippen molar-refractivity contribution in [3.63, 3.8) is 0 Å². The predicted octanol–water partition coefficient (Wildman–Crippen LogP) is 3.29. The van der Waals surface area contributed by atoms with Crippen molar-refractivity contribution in [2.45, 2.75) is 45.0 Å². The van der Waals surface area contributed by atoms with Gasteiger partial charge in [-0.25, -0.2) is 0 Å². The number of carbonyl (C=O) groups excluding carboxylic acids is 1. The molecule has 0 heterocycles. The number of alkyl halides is 1. The third-order valence-corrected chi connectivity index (χ3v) is 2.85. The molecule has 3 nitrogen and oxygen atoms in total. The predicted molar refractivity (Wildman–Crippen MR) is 78.8 cm³/mol. The maximum absolute atomic E-state index is 11.7. The molecule has 0 aliphatic heterocycles. The number of nitrogens with one attached hydrogen (secondary N) is 1. The topological polar surface area (TPSA) is 38.3 Å². The lowest BCUT2D eigenvalue weighted by Crippen LogP contribution is -2.34. The molecule has 2 unspecified atom stereocenters. The first-order chi connectivity index (χ1) is 8.97. The quantitative estimate of drug-likeness (QED) is 0.780. The van der Waals surface area contributed by atoms with E-state index in [4.69, 9.17) is 16.3 Å². The van der Waals surface area contributed by atoms with Gasteiger partial charge < -0.3 is 10.1 Å². The lowest BCUT2D eigenvalue weighted by atomic mass is 10.2. The fourth-order valence-electron chi connectivity index (χ4n) is 1.86.